The Morgan fingerprint density at radius 3 is 2.42 bits per heavy atom. The van der Waals surface area contributed by atoms with E-state index in [0.717, 1.165) is 18.5 Å². The molecule has 6 nitrogen and oxygen atoms in total. The van der Waals surface area contributed by atoms with Crippen LogP contribution in [-0.2, 0) is 14.4 Å². The van der Waals surface area contributed by atoms with Gasteiger partial charge in [-0.05, 0) is 37.1 Å². The molecule has 6 heteroatoms. The average Bonchev–Trinajstić information content (AvgIpc) is 3.17. The van der Waals surface area contributed by atoms with Gasteiger partial charge < -0.3 is 15.5 Å². The van der Waals surface area contributed by atoms with E-state index >= 15 is 0 Å². The Bertz CT molecular complexity index is 635. The maximum Gasteiger partial charge on any atom is 0.227 e. The number of benzene rings is 1. The lowest BCUT2D eigenvalue weighted by Crippen LogP contribution is -2.38. The fraction of sp³-hybridized carbons (Fsp3) is 0.500. The van der Waals surface area contributed by atoms with Gasteiger partial charge in [-0.2, -0.15) is 0 Å². The van der Waals surface area contributed by atoms with Crippen molar-refractivity contribution >= 4 is 29.1 Å². The third-order valence-corrected chi connectivity index (χ3v) is 4.70. The zero-order valence-corrected chi connectivity index (χ0v) is 13.9. The molecule has 2 N–H and O–H groups in total. The highest BCUT2D eigenvalue weighted by Crippen LogP contribution is 2.27. The Morgan fingerprint density at radius 2 is 1.79 bits per heavy atom. The highest BCUT2D eigenvalue weighted by molar-refractivity contribution is 6.00. The van der Waals surface area contributed by atoms with Crippen LogP contribution >= 0.6 is 0 Å². The van der Waals surface area contributed by atoms with E-state index in [0.29, 0.717) is 12.2 Å². The van der Waals surface area contributed by atoms with Gasteiger partial charge in [0.25, 0.3) is 0 Å². The van der Waals surface area contributed by atoms with Crippen LogP contribution in [0.2, 0.25) is 0 Å². The van der Waals surface area contributed by atoms with Gasteiger partial charge in [-0.3, -0.25) is 14.4 Å². The fourth-order valence-electron chi connectivity index (χ4n) is 3.45. The van der Waals surface area contributed by atoms with E-state index in [-0.39, 0.29) is 36.1 Å². The normalized spacial score (nSPS) is 21.1. The molecule has 0 unspecified atom stereocenters. The molecule has 3 amide bonds. The van der Waals surface area contributed by atoms with Crippen LogP contribution in [0.5, 0.6) is 0 Å². The van der Waals surface area contributed by atoms with Crippen LogP contribution in [0.1, 0.15) is 39.0 Å². The van der Waals surface area contributed by atoms with Gasteiger partial charge in [-0.15, -0.1) is 0 Å². The molecule has 0 spiro atoms. The minimum absolute atomic E-state index is 0.00684. The van der Waals surface area contributed by atoms with E-state index in [1.165, 1.54) is 19.8 Å². The van der Waals surface area contributed by atoms with Crippen molar-refractivity contribution in [3.05, 3.63) is 24.3 Å². The van der Waals surface area contributed by atoms with E-state index < -0.39 is 0 Å². The van der Waals surface area contributed by atoms with Gasteiger partial charge in [0.05, 0.1) is 5.92 Å². The predicted molar refractivity (Wildman–Crippen MR) is 91.6 cm³/mol. The molecule has 1 aliphatic heterocycles. The summed E-state index contributed by atoms with van der Waals surface area (Å²) in [6, 6.07) is 7.38. The standard InChI is InChI=1S/C18H23N3O3/c1-12(22)19-15-6-8-16(9-7-15)21-11-13(10-17(21)23)18(24)20-14-4-2-3-5-14/h6-9,13-14H,2-5,10-11H2,1H3,(H,19,22)(H,20,24)/t13-/m1/s1. The molecule has 1 heterocycles. The van der Waals surface area contributed by atoms with Crippen LogP contribution in [-0.4, -0.2) is 30.3 Å². The molecule has 1 atom stereocenters. The molecule has 0 bridgehead atoms. The first-order chi connectivity index (χ1) is 11.5. The largest absolute Gasteiger partial charge is 0.353 e. The number of carbonyl (C=O) groups excluding carboxylic acids is 3. The number of nitrogens with one attached hydrogen (secondary N) is 2. The molecule has 128 valence electrons. The van der Waals surface area contributed by atoms with Crippen molar-refractivity contribution in [1.82, 2.24) is 5.32 Å². The molecule has 3 rings (SSSR count). The SMILES string of the molecule is CC(=O)Nc1ccc(N2C[C@H](C(=O)NC3CCCC3)CC2=O)cc1. The lowest BCUT2D eigenvalue weighted by molar-refractivity contribution is -0.126. The minimum atomic E-state index is -0.284. The highest BCUT2D eigenvalue weighted by atomic mass is 16.2. The fourth-order valence-corrected chi connectivity index (χ4v) is 3.45. The average molecular weight is 329 g/mol. The van der Waals surface area contributed by atoms with Gasteiger partial charge in [0, 0.05) is 37.3 Å². The maximum atomic E-state index is 12.4. The summed E-state index contributed by atoms with van der Waals surface area (Å²) in [4.78, 5) is 37.3. The summed E-state index contributed by atoms with van der Waals surface area (Å²) in [6.07, 6.45) is 4.68. The van der Waals surface area contributed by atoms with Crippen LogP contribution in [0.3, 0.4) is 0 Å². The molecule has 2 aliphatic rings. The highest BCUT2D eigenvalue weighted by Gasteiger charge is 2.36. The topological polar surface area (TPSA) is 78.5 Å². The Kier molecular flexibility index (Phi) is 4.83. The van der Waals surface area contributed by atoms with Crippen molar-refractivity contribution in [2.24, 2.45) is 5.92 Å². The Morgan fingerprint density at radius 1 is 1.12 bits per heavy atom. The lowest BCUT2D eigenvalue weighted by Gasteiger charge is -2.18. The number of nitrogens with zero attached hydrogens (tertiary/aromatic N) is 1. The van der Waals surface area contributed by atoms with Crippen molar-refractivity contribution in [2.75, 3.05) is 16.8 Å². The van der Waals surface area contributed by atoms with Gasteiger partial charge >= 0.3 is 0 Å². The second-order valence-corrected chi connectivity index (χ2v) is 6.62. The smallest absolute Gasteiger partial charge is 0.227 e. The van der Waals surface area contributed by atoms with E-state index in [4.69, 9.17) is 0 Å². The van der Waals surface area contributed by atoms with Gasteiger partial charge in [0.1, 0.15) is 0 Å². The van der Waals surface area contributed by atoms with Crippen molar-refractivity contribution in [3.63, 3.8) is 0 Å². The molecular formula is C18H23N3O3. The van der Waals surface area contributed by atoms with E-state index in [9.17, 15) is 14.4 Å². The Balaban J connectivity index is 1.61. The van der Waals surface area contributed by atoms with Gasteiger partial charge in [-0.1, -0.05) is 12.8 Å². The number of carbonyl (C=O) groups is 3. The molecule has 2 fully saturated rings. The molecule has 1 saturated carbocycles. The zero-order valence-electron chi connectivity index (χ0n) is 13.9. The summed E-state index contributed by atoms with van der Waals surface area (Å²) in [5.41, 5.74) is 1.44. The van der Waals surface area contributed by atoms with E-state index in [2.05, 4.69) is 10.6 Å². The molecule has 24 heavy (non-hydrogen) atoms. The first-order valence-electron chi connectivity index (χ1n) is 8.51. The third kappa shape index (κ3) is 3.75. The summed E-state index contributed by atoms with van der Waals surface area (Å²) in [5.74, 6) is -0.460. The third-order valence-electron chi connectivity index (χ3n) is 4.70. The van der Waals surface area contributed by atoms with E-state index in [1.54, 1.807) is 29.2 Å². The number of rotatable bonds is 4. The predicted octanol–water partition coefficient (Wildman–Crippen LogP) is 2.06. The van der Waals surface area contributed by atoms with Crippen molar-refractivity contribution in [1.29, 1.82) is 0 Å². The quantitative estimate of drug-likeness (QED) is 0.887. The van der Waals surface area contributed by atoms with Crippen molar-refractivity contribution in [2.45, 2.75) is 45.1 Å². The number of hydrogen-bond donors (Lipinski definition) is 2. The van der Waals surface area contributed by atoms with Crippen LogP contribution in [0.4, 0.5) is 11.4 Å². The van der Waals surface area contributed by atoms with E-state index in [1.807, 2.05) is 0 Å². The van der Waals surface area contributed by atoms with Crippen molar-refractivity contribution in [3.8, 4) is 0 Å². The van der Waals surface area contributed by atoms with Crippen LogP contribution in [0, 0.1) is 5.92 Å². The molecule has 1 aliphatic carbocycles. The second-order valence-electron chi connectivity index (χ2n) is 6.62. The van der Waals surface area contributed by atoms with Crippen LogP contribution in [0.25, 0.3) is 0 Å². The number of anilines is 2. The summed E-state index contributed by atoms with van der Waals surface area (Å²) < 4.78 is 0. The first-order valence-corrected chi connectivity index (χ1v) is 8.51. The Labute approximate surface area is 141 Å². The van der Waals surface area contributed by atoms with Crippen LogP contribution in [0.15, 0.2) is 24.3 Å². The molecule has 1 aromatic carbocycles. The summed E-state index contributed by atoms with van der Waals surface area (Å²) in [7, 11) is 0. The van der Waals surface area contributed by atoms with Gasteiger partial charge in [0.15, 0.2) is 0 Å². The minimum Gasteiger partial charge on any atom is -0.353 e. The monoisotopic (exact) mass is 329 g/mol. The Hall–Kier alpha value is -2.37. The number of hydrogen-bond acceptors (Lipinski definition) is 3. The molecule has 1 saturated heterocycles. The van der Waals surface area contributed by atoms with Gasteiger partial charge in [0.2, 0.25) is 17.7 Å². The molecule has 0 radical (unpaired) electrons. The summed E-state index contributed by atoms with van der Waals surface area (Å²) in [6.45, 7) is 1.86. The van der Waals surface area contributed by atoms with Crippen molar-refractivity contribution < 1.29 is 14.4 Å². The maximum absolute atomic E-state index is 12.4. The zero-order chi connectivity index (χ0) is 17.1. The van der Waals surface area contributed by atoms with Crippen LogP contribution < -0.4 is 15.5 Å². The molecular weight excluding hydrogens is 306 g/mol. The summed E-state index contributed by atoms with van der Waals surface area (Å²) in [5, 5.41) is 5.77. The molecule has 0 aromatic heterocycles. The number of amides is 3. The summed E-state index contributed by atoms with van der Waals surface area (Å²) >= 11 is 0. The lowest BCUT2D eigenvalue weighted by atomic mass is 10.1. The van der Waals surface area contributed by atoms with Gasteiger partial charge in [-0.25, -0.2) is 0 Å². The first kappa shape index (κ1) is 16.5. The molecule has 1 aromatic rings. The second kappa shape index (κ2) is 7.03.